The highest BCUT2D eigenvalue weighted by Crippen LogP contribution is 2.18. The number of ether oxygens (including phenoxy) is 1. The third kappa shape index (κ3) is 3.77. The summed E-state index contributed by atoms with van der Waals surface area (Å²) in [4.78, 5) is 17.1. The molecule has 1 amide bonds. The van der Waals surface area contributed by atoms with Crippen molar-refractivity contribution < 1.29 is 9.53 Å². The molecule has 0 spiro atoms. The summed E-state index contributed by atoms with van der Waals surface area (Å²) in [5.41, 5.74) is 2.04. The van der Waals surface area contributed by atoms with E-state index in [1.165, 1.54) is 5.56 Å². The van der Waals surface area contributed by atoms with E-state index in [0.29, 0.717) is 6.04 Å². The molecule has 1 aliphatic heterocycles. The van der Waals surface area contributed by atoms with Crippen molar-refractivity contribution in [3.05, 3.63) is 65.7 Å². The first-order chi connectivity index (χ1) is 11.7. The van der Waals surface area contributed by atoms with Crippen molar-refractivity contribution in [2.75, 3.05) is 26.7 Å². The molecule has 1 saturated heterocycles. The molecule has 1 atom stereocenters. The number of hydrogen-bond donors (Lipinski definition) is 0. The van der Waals surface area contributed by atoms with Gasteiger partial charge in [-0.15, -0.1) is 0 Å². The molecule has 2 aromatic rings. The maximum absolute atomic E-state index is 12.7. The van der Waals surface area contributed by atoms with Gasteiger partial charge in [-0.1, -0.05) is 30.3 Å². The minimum atomic E-state index is 0.101. The third-order valence-electron chi connectivity index (χ3n) is 4.62. The van der Waals surface area contributed by atoms with Crippen LogP contribution in [0.3, 0.4) is 0 Å². The average molecular weight is 324 g/mol. The molecule has 1 heterocycles. The number of methoxy groups -OCH3 is 1. The zero-order valence-electron chi connectivity index (χ0n) is 14.3. The molecular formula is C20H24N2O2. The molecule has 2 aromatic carbocycles. The van der Waals surface area contributed by atoms with Gasteiger partial charge in [-0.25, -0.2) is 0 Å². The maximum Gasteiger partial charge on any atom is 0.253 e. The number of rotatable bonds is 4. The predicted octanol–water partition coefficient (Wildman–Crippen LogP) is 3.04. The highest BCUT2D eigenvalue weighted by molar-refractivity contribution is 5.94. The summed E-state index contributed by atoms with van der Waals surface area (Å²) >= 11 is 0. The molecule has 0 aliphatic carbocycles. The Morgan fingerprint density at radius 2 is 1.79 bits per heavy atom. The van der Waals surface area contributed by atoms with Crippen molar-refractivity contribution in [2.45, 2.75) is 19.5 Å². The van der Waals surface area contributed by atoms with E-state index in [2.05, 4.69) is 36.1 Å². The Labute approximate surface area is 143 Å². The van der Waals surface area contributed by atoms with E-state index < -0.39 is 0 Å². The second kappa shape index (κ2) is 7.49. The Morgan fingerprint density at radius 1 is 1.08 bits per heavy atom. The van der Waals surface area contributed by atoms with E-state index in [1.54, 1.807) is 7.11 Å². The first kappa shape index (κ1) is 16.5. The molecular weight excluding hydrogens is 300 g/mol. The van der Waals surface area contributed by atoms with Gasteiger partial charge in [0.05, 0.1) is 7.11 Å². The summed E-state index contributed by atoms with van der Waals surface area (Å²) < 4.78 is 5.15. The van der Waals surface area contributed by atoms with E-state index in [-0.39, 0.29) is 5.91 Å². The van der Waals surface area contributed by atoms with Crippen LogP contribution in [0.25, 0.3) is 0 Å². The molecule has 0 aromatic heterocycles. The monoisotopic (exact) mass is 324 g/mol. The Bertz CT molecular complexity index is 670. The summed E-state index contributed by atoms with van der Waals surface area (Å²) in [7, 11) is 1.63. The van der Waals surface area contributed by atoms with Crippen LogP contribution in [0, 0.1) is 0 Å². The smallest absolute Gasteiger partial charge is 0.253 e. The molecule has 1 aliphatic rings. The summed E-state index contributed by atoms with van der Waals surface area (Å²) in [5.74, 6) is 0.872. The molecule has 126 valence electrons. The van der Waals surface area contributed by atoms with Gasteiger partial charge in [0.1, 0.15) is 5.75 Å². The first-order valence-electron chi connectivity index (χ1n) is 8.38. The van der Waals surface area contributed by atoms with Crippen molar-refractivity contribution in [2.24, 2.45) is 0 Å². The minimum absolute atomic E-state index is 0.101. The quantitative estimate of drug-likeness (QED) is 0.866. The zero-order valence-corrected chi connectivity index (χ0v) is 14.3. The second-order valence-corrected chi connectivity index (χ2v) is 6.28. The predicted molar refractivity (Wildman–Crippen MR) is 95.2 cm³/mol. The molecule has 4 heteroatoms. The highest BCUT2D eigenvalue weighted by atomic mass is 16.5. The van der Waals surface area contributed by atoms with Gasteiger partial charge in [0, 0.05) is 37.8 Å². The van der Waals surface area contributed by atoms with E-state index in [1.807, 2.05) is 35.2 Å². The third-order valence-corrected chi connectivity index (χ3v) is 4.62. The van der Waals surface area contributed by atoms with Crippen LogP contribution >= 0.6 is 0 Å². The number of carbonyl (C=O) groups is 1. The summed E-state index contributed by atoms with van der Waals surface area (Å²) in [6.07, 6.45) is 0. The highest BCUT2D eigenvalue weighted by Gasteiger charge is 2.27. The first-order valence-corrected chi connectivity index (χ1v) is 8.38. The summed E-state index contributed by atoms with van der Waals surface area (Å²) in [6, 6.07) is 18.2. The Kier molecular flexibility index (Phi) is 5.16. The van der Waals surface area contributed by atoms with E-state index in [4.69, 9.17) is 4.74 Å². The molecule has 0 saturated carbocycles. The van der Waals surface area contributed by atoms with Crippen molar-refractivity contribution in [1.29, 1.82) is 0 Å². The van der Waals surface area contributed by atoms with Crippen molar-refractivity contribution in [3.63, 3.8) is 0 Å². The molecule has 1 unspecified atom stereocenters. The lowest BCUT2D eigenvalue weighted by Crippen LogP contribution is -2.53. The zero-order chi connectivity index (χ0) is 16.9. The van der Waals surface area contributed by atoms with Gasteiger partial charge >= 0.3 is 0 Å². The van der Waals surface area contributed by atoms with Gasteiger partial charge in [-0.3, -0.25) is 9.69 Å². The van der Waals surface area contributed by atoms with Gasteiger partial charge in [0.15, 0.2) is 0 Å². The van der Waals surface area contributed by atoms with Gasteiger partial charge in [0.2, 0.25) is 0 Å². The largest absolute Gasteiger partial charge is 0.497 e. The van der Waals surface area contributed by atoms with Crippen molar-refractivity contribution >= 4 is 5.91 Å². The van der Waals surface area contributed by atoms with Gasteiger partial charge in [-0.05, 0) is 36.8 Å². The number of benzene rings is 2. The van der Waals surface area contributed by atoms with E-state index in [9.17, 15) is 4.79 Å². The minimum Gasteiger partial charge on any atom is -0.497 e. The van der Waals surface area contributed by atoms with Crippen LogP contribution in [0.5, 0.6) is 5.75 Å². The van der Waals surface area contributed by atoms with Gasteiger partial charge in [-0.2, -0.15) is 0 Å². The fourth-order valence-corrected chi connectivity index (χ4v) is 3.15. The SMILES string of the molecule is COc1ccc(C(=O)N2CCN(Cc3ccccc3)C(C)C2)cc1. The van der Waals surface area contributed by atoms with Crippen LogP contribution in [-0.4, -0.2) is 48.5 Å². The molecule has 3 rings (SSSR count). The Hall–Kier alpha value is -2.33. The lowest BCUT2D eigenvalue weighted by molar-refractivity contribution is 0.0495. The van der Waals surface area contributed by atoms with Crippen LogP contribution in [0.2, 0.25) is 0 Å². The Morgan fingerprint density at radius 3 is 2.42 bits per heavy atom. The van der Waals surface area contributed by atoms with Crippen LogP contribution in [-0.2, 0) is 6.54 Å². The number of piperazine rings is 1. The van der Waals surface area contributed by atoms with Crippen molar-refractivity contribution in [1.82, 2.24) is 9.80 Å². The molecule has 0 radical (unpaired) electrons. The molecule has 0 bridgehead atoms. The fraction of sp³-hybridized carbons (Fsp3) is 0.350. The van der Waals surface area contributed by atoms with Crippen molar-refractivity contribution in [3.8, 4) is 5.75 Å². The normalized spacial score (nSPS) is 18.4. The summed E-state index contributed by atoms with van der Waals surface area (Å²) in [6.45, 7) is 5.56. The lowest BCUT2D eigenvalue weighted by atomic mass is 10.1. The molecule has 24 heavy (non-hydrogen) atoms. The van der Waals surface area contributed by atoms with E-state index >= 15 is 0 Å². The maximum atomic E-state index is 12.7. The second-order valence-electron chi connectivity index (χ2n) is 6.28. The standard InChI is InChI=1S/C20H24N2O2/c1-16-14-22(20(23)18-8-10-19(24-2)11-9-18)13-12-21(16)15-17-6-4-3-5-7-17/h3-11,16H,12-15H2,1-2H3. The topological polar surface area (TPSA) is 32.8 Å². The van der Waals surface area contributed by atoms with E-state index in [0.717, 1.165) is 37.5 Å². The number of nitrogens with zero attached hydrogens (tertiary/aromatic N) is 2. The van der Waals surface area contributed by atoms with Crippen LogP contribution in [0.4, 0.5) is 0 Å². The van der Waals surface area contributed by atoms with Crippen LogP contribution in [0.15, 0.2) is 54.6 Å². The fourth-order valence-electron chi connectivity index (χ4n) is 3.15. The van der Waals surface area contributed by atoms with Crippen LogP contribution < -0.4 is 4.74 Å². The number of amides is 1. The lowest BCUT2D eigenvalue weighted by Gasteiger charge is -2.40. The summed E-state index contributed by atoms with van der Waals surface area (Å²) in [5, 5.41) is 0. The van der Waals surface area contributed by atoms with Gasteiger partial charge in [0.25, 0.3) is 5.91 Å². The average Bonchev–Trinajstić information content (AvgIpc) is 2.64. The Balaban J connectivity index is 1.61. The van der Waals surface area contributed by atoms with Gasteiger partial charge < -0.3 is 9.64 Å². The molecule has 1 fully saturated rings. The molecule has 4 nitrogen and oxygen atoms in total. The number of carbonyl (C=O) groups excluding carboxylic acids is 1. The molecule has 0 N–H and O–H groups in total. The van der Waals surface area contributed by atoms with Crippen LogP contribution in [0.1, 0.15) is 22.8 Å². The number of hydrogen-bond acceptors (Lipinski definition) is 3.